The summed E-state index contributed by atoms with van der Waals surface area (Å²) in [5.74, 6) is 1.34. The summed E-state index contributed by atoms with van der Waals surface area (Å²) in [5, 5.41) is 2.75. The van der Waals surface area contributed by atoms with Crippen molar-refractivity contribution in [3.8, 4) is 5.75 Å². The molecule has 0 saturated carbocycles. The molecule has 2 aromatic rings. The van der Waals surface area contributed by atoms with Gasteiger partial charge in [-0.3, -0.25) is 4.79 Å². The largest absolute Gasteiger partial charge is 0.494 e. The summed E-state index contributed by atoms with van der Waals surface area (Å²) in [6, 6.07) is 12.2. The molecule has 0 unspecified atom stereocenters. The van der Waals surface area contributed by atoms with Crippen molar-refractivity contribution in [2.75, 3.05) is 17.7 Å². The topological polar surface area (TPSA) is 38.3 Å². The molecular formula is C18H20FNO2S. The lowest BCUT2D eigenvalue weighted by Gasteiger charge is -2.10. The molecule has 2 rings (SSSR count). The van der Waals surface area contributed by atoms with E-state index >= 15 is 0 Å². The number of aryl methyl sites for hydroxylation is 1. The number of halogens is 1. The third-order valence-electron chi connectivity index (χ3n) is 3.24. The lowest BCUT2D eigenvalue weighted by molar-refractivity contribution is -0.113. The number of amides is 1. The number of carbonyl (C=O) groups excluding carboxylic acids is 1. The van der Waals surface area contributed by atoms with Crippen LogP contribution in [0.25, 0.3) is 0 Å². The predicted molar refractivity (Wildman–Crippen MR) is 93.5 cm³/mol. The van der Waals surface area contributed by atoms with Gasteiger partial charge in [-0.25, -0.2) is 4.39 Å². The van der Waals surface area contributed by atoms with Crippen LogP contribution < -0.4 is 10.1 Å². The van der Waals surface area contributed by atoms with Crippen LogP contribution in [0.4, 0.5) is 10.1 Å². The first kappa shape index (κ1) is 17.3. The SMILES string of the molecule is CCOc1ccccc1CSCC(=O)Nc1cc(F)ccc1C. The number of thioether (sulfide) groups is 1. The van der Waals surface area contributed by atoms with E-state index in [0.29, 0.717) is 23.8 Å². The molecule has 23 heavy (non-hydrogen) atoms. The van der Waals surface area contributed by atoms with Crippen LogP contribution in [0.15, 0.2) is 42.5 Å². The Morgan fingerprint density at radius 3 is 2.83 bits per heavy atom. The minimum atomic E-state index is -0.357. The van der Waals surface area contributed by atoms with E-state index in [2.05, 4.69) is 5.32 Å². The van der Waals surface area contributed by atoms with Gasteiger partial charge in [0.2, 0.25) is 5.91 Å². The van der Waals surface area contributed by atoms with Gasteiger partial charge in [0.25, 0.3) is 0 Å². The number of rotatable bonds is 7. The Morgan fingerprint density at radius 1 is 1.26 bits per heavy atom. The van der Waals surface area contributed by atoms with Crippen molar-refractivity contribution < 1.29 is 13.9 Å². The van der Waals surface area contributed by atoms with Crippen molar-refractivity contribution in [1.82, 2.24) is 0 Å². The fourth-order valence-electron chi connectivity index (χ4n) is 2.09. The Hall–Kier alpha value is -2.01. The van der Waals surface area contributed by atoms with E-state index in [4.69, 9.17) is 4.74 Å². The van der Waals surface area contributed by atoms with Gasteiger partial charge in [0.15, 0.2) is 0 Å². The highest BCUT2D eigenvalue weighted by Gasteiger charge is 2.08. The van der Waals surface area contributed by atoms with Crippen molar-refractivity contribution in [2.45, 2.75) is 19.6 Å². The summed E-state index contributed by atoms with van der Waals surface area (Å²) in [6.07, 6.45) is 0. The van der Waals surface area contributed by atoms with E-state index in [1.165, 1.54) is 23.9 Å². The molecule has 3 nitrogen and oxygen atoms in total. The summed E-state index contributed by atoms with van der Waals surface area (Å²) in [5.41, 5.74) is 2.42. The lowest BCUT2D eigenvalue weighted by Crippen LogP contribution is -2.15. The molecule has 0 aromatic heterocycles. The summed E-state index contributed by atoms with van der Waals surface area (Å²) in [7, 11) is 0. The van der Waals surface area contributed by atoms with E-state index in [1.807, 2.05) is 38.1 Å². The summed E-state index contributed by atoms with van der Waals surface area (Å²) >= 11 is 1.50. The highest BCUT2D eigenvalue weighted by atomic mass is 32.2. The predicted octanol–water partition coefficient (Wildman–Crippen LogP) is 4.40. The molecular weight excluding hydrogens is 313 g/mol. The van der Waals surface area contributed by atoms with Crippen molar-refractivity contribution in [3.63, 3.8) is 0 Å². The van der Waals surface area contributed by atoms with Crippen molar-refractivity contribution in [1.29, 1.82) is 0 Å². The van der Waals surface area contributed by atoms with Gasteiger partial charge >= 0.3 is 0 Å². The van der Waals surface area contributed by atoms with Gasteiger partial charge in [-0.05, 0) is 37.6 Å². The van der Waals surface area contributed by atoms with E-state index in [-0.39, 0.29) is 11.7 Å². The van der Waals surface area contributed by atoms with Gasteiger partial charge in [0, 0.05) is 17.0 Å². The summed E-state index contributed by atoms with van der Waals surface area (Å²) < 4.78 is 18.8. The first-order valence-corrected chi connectivity index (χ1v) is 8.60. The van der Waals surface area contributed by atoms with Crippen LogP contribution in [0.3, 0.4) is 0 Å². The van der Waals surface area contributed by atoms with E-state index < -0.39 is 0 Å². The number of carbonyl (C=O) groups is 1. The Labute approximate surface area is 140 Å². The quantitative estimate of drug-likeness (QED) is 0.816. The summed E-state index contributed by atoms with van der Waals surface area (Å²) in [4.78, 5) is 12.0. The zero-order chi connectivity index (χ0) is 16.7. The number of ether oxygens (including phenoxy) is 1. The second-order valence-corrected chi connectivity index (χ2v) is 6.03. The number of nitrogens with one attached hydrogen (secondary N) is 1. The minimum Gasteiger partial charge on any atom is -0.494 e. The molecule has 2 aromatic carbocycles. The van der Waals surface area contributed by atoms with Crippen LogP contribution in [0.1, 0.15) is 18.1 Å². The number of hydrogen-bond donors (Lipinski definition) is 1. The Kier molecular flexibility index (Phi) is 6.47. The number of para-hydroxylation sites is 1. The molecule has 122 valence electrons. The first-order valence-electron chi connectivity index (χ1n) is 7.44. The molecule has 0 radical (unpaired) electrons. The fraction of sp³-hybridized carbons (Fsp3) is 0.278. The standard InChI is InChI=1S/C18H20FNO2S/c1-3-22-17-7-5-4-6-14(17)11-23-12-18(21)20-16-10-15(19)9-8-13(16)2/h4-10H,3,11-12H2,1-2H3,(H,20,21). The molecule has 0 bridgehead atoms. The molecule has 1 N–H and O–H groups in total. The average Bonchev–Trinajstić information content (AvgIpc) is 2.53. The molecule has 0 spiro atoms. The second kappa shape index (κ2) is 8.58. The van der Waals surface area contributed by atoms with Crippen LogP contribution >= 0.6 is 11.8 Å². The van der Waals surface area contributed by atoms with E-state index in [9.17, 15) is 9.18 Å². The third kappa shape index (κ3) is 5.28. The first-order chi connectivity index (χ1) is 11.1. The Balaban J connectivity index is 1.87. The molecule has 5 heteroatoms. The van der Waals surface area contributed by atoms with Crippen LogP contribution in [-0.4, -0.2) is 18.3 Å². The molecule has 0 atom stereocenters. The van der Waals surface area contributed by atoms with Gasteiger partial charge in [0.1, 0.15) is 11.6 Å². The fourth-order valence-corrected chi connectivity index (χ4v) is 2.91. The van der Waals surface area contributed by atoms with Crippen molar-refractivity contribution in [3.05, 3.63) is 59.4 Å². The van der Waals surface area contributed by atoms with Gasteiger partial charge in [-0.2, -0.15) is 0 Å². The maximum atomic E-state index is 13.2. The Morgan fingerprint density at radius 2 is 2.04 bits per heavy atom. The molecule has 0 aliphatic rings. The maximum Gasteiger partial charge on any atom is 0.234 e. The van der Waals surface area contributed by atoms with Gasteiger partial charge in [0.05, 0.1) is 12.4 Å². The number of hydrogen-bond acceptors (Lipinski definition) is 3. The normalized spacial score (nSPS) is 10.4. The monoisotopic (exact) mass is 333 g/mol. The zero-order valence-electron chi connectivity index (χ0n) is 13.3. The second-order valence-electron chi connectivity index (χ2n) is 5.04. The van der Waals surface area contributed by atoms with Crippen molar-refractivity contribution >= 4 is 23.4 Å². The van der Waals surface area contributed by atoms with Crippen molar-refractivity contribution in [2.24, 2.45) is 0 Å². The maximum absolute atomic E-state index is 13.2. The minimum absolute atomic E-state index is 0.141. The van der Waals surface area contributed by atoms with Gasteiger partial charge in [-0.15, -0.1) is 11.8 Å². The summed E-state index contributed by atoms with van der Waals surface area (Å²) in [6.45, 7) is 4.39. The molecule has 0 heterocycles. The van der Waals surface area contributed by atoms with Gasteiger partial charge < -0.3 is 10.1 Å². The highest BCUT2D eigenvalue weighted by Crippen LogP contribution is 2.23. The van der Waals surface area contributed by atoms with Crippen LogP contribution in [0.5, 0.6) is 5.75 Å². The number of anilines is 1. The zero-order valence-corrected chi connectivity index (χ0v) is 14.1. The molecule has 1 amide bonds. The number of benzene rings is 2. The molecule has 0 aliphatic heterocycles. The van der Waals surface area contributed by atoms with Crippen LogP contribution in [0, 0.1) is 12.7 Å². The lowest BCUT2D eigenvalue weighted by atomic mass is 10.2. The van der Waals surface area contributed by atoms with E-state index in [0.717, 1.165) is 16.9 Å². The van der Waals surface area contributed by atoms with Crippen LogP contribution in [0.2, 0.25) is 0 Å². The Bertz CT molecular complexity index is 676. The van der Waals surface area contributed by atoms with E-state index in [1.54, 1.807) is 6.07 Å². The highest BCUT2D eigenvalue weighted by molar-refractivity contribution is 7.99. The third-order valence-corrected chi connectivity index (χ3v) is 4.22. The average molecular weight is 333 g/mol. The molecule has 0 saturated heterocycles. The van der Waals surface area contributed by atoms with Crippen LogP contribution in [-0.2, 0) is 10.5 Å². The smallest absolute Gasteiger partial charge is 0.234 e. The van der Waals surface area contributed by atoms with Gasteiger partial charge in [-0.1, -0.05) is 24.3 Å². The molecule has 0 fully saturated rings. The molecule has 0 aliphatic carbocycles.